The SMILES string of the molecule is Cc1ccc(C)c(Nc2cc(NCc3ccc4c(c3)OCO4)ncn2)c1. The molecule has 0 unspecified atom stereocenters. The number of ether oxygens (including phenoxy) is 2. The Balaban J connectivity index is 1.45. The number of nitrogens with zero attached hydrogens (tertiary/aromatic N) is 2. The van der Waals surface area contributed by atoms with Gasteiger partial charge in [-0.25, -0.2) is 9.97 Å². The molecule has 3 aromatic rings. The molecule has 6 nitrogen and oxygen atoms in total. The standard InChI is InChI=1S/C20H20N4O2/c1-13-3-4-14(2)16(7-13)24-20-9-19(22-11-23-20)21-10-15-5-6-17-18(8-15)26-12-25-17/h3-9,11H,10,12H2,1-2H3,(H2,21,22,23,24). The zero-order valence-electron chi connectivity index (χ0n) is 14.7. The van der Waals surface area contributed by atoms with Gasteiger partial charge in [-0.15, -0.1) is 0 Å². The van der Waals surface area contributed by atoms with Crippen molar-refractivity contribution in [1.29, 1.82) is 0 Å². The summed E-state index contributed by atoms with van der Waals surface area (Å²) in [6.07, 6.45) is 1.55. The zero-order chi connectivity index (χ0) is 17.9. The van der Waals surface area contributed by atoms with E-state index in [1.807, 2.05) is 24.3 Å². The van der Waals surface area contributed by atoms with E-state index < -0.39 is 0 Å². The number of hydrogen-bond acceptors (Lipinski definition) is 6. The Kier molecular flexibility index (Phi) is 4.31. The van der Waals surface area contributed by atoms with Crippen LogP contribution in [0.5, 0.6) is 11.5 Å². The smallest absolute Gasteiger partial charge is 0.231 e. The molecule has 0 aliphatic carbocycles. The molecular formula is C20H20N4O2. The van der Waals surface area contributed by atoms with Gasteiger partial charge in [-0.2, -0.15) is 0 Å². The first kappa shape index (κ1) is 16.2. The van der Waals surface area contributed by atoms with E-state index in [2.05, 4.69) is 52.6 Å². The Hall–Kier alpha value is -3.28. The quantitative estimate of drug-likeness (QED) is 0.721. The van der Waals surface area contributed by atoms with Crippen molar-refractivity contribution in [2.45, 2.75) is 20.4 Å². The molecule has 26 heavy (non-hydrogen) atoms. The lowest BCUT2D eigenvalue weighted by Gasteiger charge is -2.11. The number of fused-ring (bicyclic) bond motifs is 1. The molecule has 2 N–H and O–H groups in total. The third-order valence-corrected chi connectivity index (χ3v) is 4.23. The summed E-state index contributed by atoms with van der Waals surface area (Å²) in [7, 11) is 0. The fraction of sp³-hybridized carbons (Fsp3) is 0.200. The fourth-order valence-electron chi connectivity index (χ4n) is 2.77. The molecule has 6 heteroatoms. The summed E-state index contributed by atoms with van der Waals surface area (Å²) in [5, 5.41) is 6.67. The molecule has 2 heterocycles. The van der Waals surface area contributed by atoms with Crippen LogP contribution in [0.25, 0.3) is 0 Å². The maximum absolute atomic E-state index is 5.41. The highest BCUT2D eigenvalue weighted by Gasteiger charge is 2.13. The zero-order valence-corrected chi connectivity index (χ0v) is 14.7. The number of hydrogen-bond donors (Lipinski definition) is 2. The van der Waals surface area contributed by atoms with Crippen molar-refractivity contribution < 1.29 is 9.47 Å². The molecule has 0 spiro atoms. The van der Waals surface area contributed by atoms with Crippen LogP contribution in [0.3, 0.4) is 0 Å². The number of rotatable bonds is 5. The summed E-state index contributed by atoms with van der Waals surface area (Å²) in [4.78, 5) is 8.60. The number of benzene rings is 2. The molecule has 0 saturated heterocycles. The van der Waals surface area contributed by atoms with E-state index in [0.29, 0.717) is 6.54 Å². The molecular weight excluding hydrogens is 328 g/mol. The van der Waals surface area contributed by atoms with E-state index in [4.69, 9.17) is 9.47 Å². The first-order valence-electron chi connectivity index (χ1n) is 8.46. The molecule has 0 bridgehead atoms. The monoisotopic (exact) mass is 348 g/mol. The predicted molar refractivity (Wildman–Crippen MR) is 101 cm³/mol. The molecule has 1 aliphatic rings. The van der Waals surface area contributed by atoms with Crippen molar-refractivity contribution in [1.82, 2.24) is 9.97 Å². The Morgan fingerprint density at radius 1 is 0.923 bits per heavy atom. The highest BCUT2D eigenvalue weighted by Crippen LogP contribution is 2.32. The second-order valence-corrected chi connectivity index (χ2v) is 6.27. The van der Waals surface area contributed by atoms with Crippen molar-refractivity contribution >= 4 is 17.3 Å². The van der Waals surface area contributed by atoms with Gasteiger partial charge < -0.3 is 20.1 Å². The Morgan fingerprint density at radius 3 is 2.69 bits per heavy atom. The van der Waals surface area contributed by atoms with E-state index in [1.54, 1.807) is 6.33 Å². The van der Waals surface area contributed by atoms with E-state index in [9.17, 15) is 0 Å². The van der Waals surface area contributed by atoms with Crippen molar-refractivity contribution in [3.63, 3.8) is 0 Å². The number of anilines is 3. The van der Waals surface area contributed by atoms with Gasteiger partial charge in [0.1, 0.15) is 18.0 Å². The predicted octanol–water partition coefficient (Wildman–Crippen LogP) is 4.18. The largest absolute Gasteiger partial charge is 0.454 e. The maximum atomic E-state index is 5.41. The van der Waals surface area contributed by atoms with Crippen molar-refractivity contribution in [2.75, 3.05) is 17.4 Å². The van der Waals surface area contributed by atoms with Crippen LogP contribution in [0.2, 0.25) is 0 Å². The van der Waals surface area contributed by atoms with E-state index >= 15 is 0 Å². The topological polar surface area (TPSA) is 68.3 Å². The van der Waals surface area contributed by atoms with Gasteiger partial charge in [-0.3, -0.25) is 0 Å². The molecule has 2 aromatic carbocycles. The number of nitrogens with one attached hydrogen (secondary N) is 2. The third-order valence-electron chi connectivity index (χ3n) is 4.23. The molecule has 1 aromatic heterocycles. The minimum Gasteiger partial charge on any atom is -0.454 e. The lowest BCUT2D eigenvalue weighted by molar-refractivity contribution is 0.174. The van der Waals surface area contributed by atoms with Crippen LogP contribution in [0.4, 0.5) is 17.3 Å². The second kappa shape index (κ2) is 6.92. The molecule has 1 aliphatic heterocycles. The second-order valence-electron chi connectivity index (χ2n) is 6.27. The van der Waals surface area contributed by atoms with Crippen molar-refractivity contribution in [3.05, 3.63) is 65.5 Å². The molecule has 0 fully saturated rings. The Bertz CT molecular complexity index is 943. The molecule has 0 atom stereocenters. The summed E-state index contributed by atoms with van der Waals surface area (Å²) in [5.74, 6) is 3.08. The van der Waals surface area contributed by atoms with E-state index in [0.717, 1.165) is 34.4 Å². The fourth-order valence-corrected chi connectivity index (χ4v) is 2.77. The lowest BCUT2D eigenvalue weighted by atomic mass is 10.1. The van der Waals surface area contributed by atoms with Crippen LogP contribution in [-0.2, 0) is 6.54 Å². The first-order chi connectivity index (χ1) is 12.7. The van der Waals surface area contributed by atoms with Crippen LogP contribution in [0.1, 0.15) is 16.7 Å². The van der Waals surface area contributed by atoms with E-state index in [-0.39, 0.29) is 6.79 Å². The minimum atomic E-state index is 0.283. The summed E-state index contributed by atoms with van der Waals surface area (Å²) in [5.41, 5.74) is 4.51. The van der Waals surface area contributed by atoms with Gasteiger partial charge in [-0.1, -0.05) is 18.2 Å². The summed E-state index contributed by atoms with van der Waals surface area (Å²) in [6.45, 7) is 5.06. The highest BCUT2D eigenvalue weighted by molar-refractivity contribution is 5.63. The van der Waals surface area contributed by atoms with Gasteiger partial charge in [0.25, 0.3) is 0 Å². The first-order valence-corrected chi connectivity index (χ1v) is 8.46. The molecule has 132 valence electrons. The van der Waals surface area contributed by atoms with Crippen LogP contribution in [0.15, 0.2) is 48.8 Å². The van der Waals surface area contributed by atoms with Crippen LogP contribution in [0, 0.1) is 13.8 Å². The Labute approximate surface area is 152 Å². The van der Waals surface area contributed by atoms with E-state index in [1.165, 1.54) is 11.1 Å². The normalized spacial score (nSPS) is 12.1. The lowest BCUT2D eigenvalue weighted by Crippen LogP contribution is -2.03. The third kappa shape index (κ3) is 3.54. The molecule has 4 rings (SSSR count). The summed E-state index contributed by atoms with van der Waals surface area (Å²) < 4.78 is 10.7. The van der Waals surface area contributed by atoms with Gasteiger partial charge in [0.2, 0.25) is 6.79 Å². The Morgan fingerprint density at radius 2 is 1.77 bits per heavy atom. The van der Waals surface area contributed by atoms with Gasteiger partial charge in [0.15, 0.2) is 11.5 Å². The molecule has 0 radical (unpaired) electrons. The average Bonchev–Trinajstić information content (AvgIpc) is 3.11. The van der Waals surface area contributed by atoms with Crippen LogP contribution < -0.4 is 20.1 Å². The summed E-state index contributed by atoms with van der Waals surface area (Å²) in [6, 6.07) is 14.1. The highest BCUT2D eigenvalue weighted by atomic mass is 16.7. The van der Waals surface area contributed by atoms with Crippen LogP contribution in [-0.4, -0.2) is 16.8 Å². The van der Waals surface area contributed by atoms with Crippen LogP contribution >= 0.6 is 0 Å². The van der Waals surface area contributed by atoms with Crippen molar-refractivity contribution in [3.8, 4) is 11.5 Å². The van der Waals surface area contributed by atoms with Gasteiger partial charge in [-0.05, 0) is 48.7 Å². The van der Waals surface area contributed by atoms with Gasteiger partial charge >= 0.3 is 0 Å². The molecule has 0 saturated carbocycles. The average molecular weight is 348 g/mol. The minimum absolute atomic E-state index is 0.283. The molecule has 0 amide bonds. The number of aromatic nitrogens is 2. The number of aryl methyl sites for hydroxylation is 2. The maximum Gasteiger partial charge on any atom is 0.231 e. The summed E-state index contributed by atoms with van der Waals surface area (Å²) >= 11 is 0. The van der Waals surface area contributed by atoms with Crippen molar-refractivity contribution in [2.24, 2.45) is 0 Å². The van der Waals surface area contributed by atoms with Gasteiger partial charge in [0.05, 0.1) is 0 Å². The van der Waals surface area contributed by atoms with Gasteiger partial charge in [0, 0.05) is 18.3 Å².